The highest BCUT2D eigenvalue weighted by Gasteiger charge is 2.14. The van der Waals surface area contributed by atoms with Crippen LogP contribution < -0.4 is 15.4 Å². The third-order valence-electron chi connectivity index (χ3n) is 3.37. The zero-order valence-corrected chi connectivity index (χ0v) is 16.9. The molecule has 2 aromatic rings. The Morgan fingerprint density at radius 2 is 1.65 bits per heavy atom. The van der Waals surface area contributed by atoms with E-state index in [1.807, 2.05) is 13.8 Å². The Hall–Kier alpha value is -2.05. The van der Waals surface area contributed by atoms with Gasteiger partial charge in [0.05, 0.1) is 22.3 Å². The average molecular weight is 440 g/mol. The second kappa shape index (κ2) is 9.59. The molecule has 5 nitrogen and oxygen atoms in total. The van der Waals surface area contributed by atoms with Gasteiger partial charge in [-0.3, -0.25) is 9.59 Å². The third-order valence-corrected chi connectivity index (χ3v) is 4.19. The van der Waals surface area contributed by atoms with Crippen LogP contribution in [0.2, 0.25) is 5.02 Å². The van der Waals surface area contributed by atoms with Crippen molar-refractivity contribution in [3.63, 3.8) is 0 Å². The summed E-state index contributed by atoms with van der Waals surface area (Å²) < 4.78 is 6.52. The quantitative estimate of drug-likeness (QED) is 0.640. The van der Waals surface area contributed by atoms with Crippen molar-refractivity contribution < 1.29 is 14.3 Å². The molecule has 0 unspecified atom stereocenters. The van der Waals surface area contributed by atoms with Gasteiger partial charge in [-0.1, -0.05) is 39.7 Å². The van der Waals surface area contributed by atoms with Gasteiger partial charge in [0.1, 0.15) is 5.75 Å². The van der Waals surface area contributed by atoms with Crippen molar-refractivity contribution in [1.29, 1.82) is 0 Å². The Morgan fingerprint density at radius 1 is 1.04 bits per heavy atom. The summed E-state index contributed by atoms with van der Waals surface area (Å²) in [5.41, 5.74) is 0.848. The highest BCUT2D eigenvalue weighted by Crippen LogP contribution is 2.24. The van der Waals surface area contributed by atoms with Gasteiger partial charge >= 0.3 is 0 Å². The summed E-state index contributed by atoms with van der Waals surface area (Å²) in [4.78, 5) is 24.4. The van der Waals surface area contributed by atoms with Crippen LogP contribution in [0, 0.1) is 0 Å². The first kappa shape index (κ1) is 20.3. The fourth-order valence-electron chi connectivity index (χ4n) is 2.22. The maximum atomic E-state index is 12.4. The molecule has 0 bridgehead atoms. The van der Waals surface area contributed by atoms with Crippen LogP contribution in [0.4, 0.5) is 0 Å². The van der Waals surface area contributed by atoms with E-state index in [9.17, 15) is 9.59 Å². The van der Waals surface area contributed by atoms with Crippen molar-refractivity contribution in [2.24, 2.45) is 0 Å². The van der Waals surface area contributed by atoms with Gasteiger partial charge in [0.15, 0.2) is 0 Å². The summed E-state index contributed by atoms with van der Waals surface area (Å²) in [6.07, 6.45) is -0.0502. The fraction of sp³-hybridized carbons (Fsp3) is 0.263. The van der Waals surface area contributed by atoms with Gasteiger partial charge in [-0.25, -0.2) is 0 Å². The second-order valence-electron chi connectivity index (χ2n) is 5.80. The number of hydrogen-bond acceptors (Lipinski definition) is 3. The van der Waals surface area contributed by atoms with E-state index in [4.69, 9.17) is 16.3 Å². The van der Waals surface area contributed by atoms with Gasteiger partial charge in [0.25, 0.3) is 11.8 Å². The lowest BCUT2D eigenvalue weighted by Crippen LogP contribution is -2.35. The van der Waals surface area contributed by atoms with E-state index in [-0.39, 0.29) is 31.0 Å². The van der Waals surface area contributed by atoms with Gasteiger partial charge in [-0.05, 0) is 44.2 Å². The van der Waals surface area contributed by atoms with Crippen LogP contribution in [-0.4, -0.2) is 31.0 Å². The standard InChI is InChI=1S/C19H20BrClN2O3/c1-12(2)26-17-11-13(20)7-8-15(17)19(25)23-10-9-22-18(24)14-5-3-4-6-16(14)21/h3-8,11-12H,9-10H2,1-2H3,(H,22,24)(H,23,25). The Labute approximate surface area is 166 Å². The molecule has 0 aliphatic rings. The highest BCUT2D eigenvalue weighted by atomic mass is 79.9. The molecule has 0 saturated carbocycles. The predicted molar refractivity (Wildman–Crippen MR) is 106 cm³/mol. The molecular formula is C19H20BrClN2O3. The summed E-state index contributed by atoms with van der Waals surface area (Å²) in [6.45, 7) is 4.36. The van der Waals surface area contributed by atoms with Gasteiger partial charge in [-0.2, -0.15) is 0 Å². The van der Waals surface area contributed by atoms with E-state index in [2.05, 4.69) is 26.6 Å². The molecule has 2 N–H and O–H groups in total. The zero-order valence-electron chi connectivity index (χ0n) is 14.5. The van der Waals surface area contributed by atoms with E-state index >= 15 is 0 Å². The largest absolute Gasteiger partial charge is 0.490 e. The van der Waals surface area contributed by atoms with Crippen LogP contribution in [0.15, 0.2) is 46.9 Å². The second-order valence-corrected chi connectivity index (χ2v) is 7.12. The number of ether oxygens (including phenoxy) is 1. The van der Waals surface area contributed by atoms with Gasteiger partial charge in [-0.15, -0.1) is 0 Å². The van der Waals surface area contributed by atoms with Crippen molar-refractivity contribution in [2.45, 2.75) is 20.0 Å². The molecular weight excluding hydrogens is 420 g/mol. The van der Waals surface area contributed by atoms with E-state index in [1.165, 1.54) is 0 Å². The molecule has 138 valence electrons. The summed E-state index contributed by atoms with van der Waals surface area (Å²) in [5, 5.41) is 5.89. The Morgan fingerprint density at radius 3 is 2.27 bits per heavy atom. The number of hydrogen-bond donors (Lipinski definition) is 2. The van der Waals surface area contributed by atoms with Crippen molar-refractivity contribution in [3.05, 3.63) is 63.1 Å². The van der Waals surface area contributed by atoms with Crippen molar-refractivity contribution in [2.75, 3.05) is 13.1 Å². The molecule has 0 aliphatic heterocycles. The molecule has 26 heavy (non-hydrogen) atoms. The lowest BCUT2D eigenvalue weighted by Gasteiger charge is -2.15. The third kappa shape index (κ3) is 5.75. The highest BCUT2D eigenvalue weighted by molar-refractivity contribution is 9.10. The SMILES string of the molecule is CC(C)Oc1cc(Br)ccc1C(=O)NCCNC(=O)c1ccccc1Cl. The molecule has 0 aromatic heterocycles. The average Bonchev–Trinajstić information content (AvgIpc) is 2.58. The van der Waals surface area contributed by atoms with Crippen molar-refractivity contribution in [1.82, 2.24) is 10.6 Å². The lowest BCUT2D eigenvalue weighted by atomic mass is 10.2. The first-order valence-corrected chi connectivity index (χ1v) is 9.32. The van der Waals surface area contributed by atoms with Crippen molar-refractivity contribution in [3.8, 4) is 5.75 Å². The molecule has 2 rings (SSSR count). The lowest BCUT2D eigenvalue weighted by molar-refractivity contribution is 0.0924. The van der Waals surface area contributed by atoms with Crippen LogP contribution in [0.3, 0.4) is 0 Å². The maximum Gasteiger partial charge on any atom is 0.255 e. The van der Waals surface area contributed by atoms with Crippen LogP contribution >= 0.6 is 27.5 Å². The van der Waals surface area contributed by atoms with Crippen LogP contribution in [0.25, 0.3) is 0 Å². The fourth-order valence-corrected chi connectivity index (χ4v) is 2.78. The van der Waals surface area contributed by atoms with Crippen LogP contribution in [-0.2, 0) is 0 Å². The summed E-state index contributed by atoms with van der Waals surface area (Å²) in [7, 11) is 0. The molecule has 0 aliphatic carbocycles. The number of benzene rings is 2. The first-order chi connectivity index (χ1) is 12.4. The maximum absolute atomic E-state index is 12.4. The minimum Gasteiger partial charge on any atom is -0.490 e. The summed E-state index contributed by atoms with van der Waals surface area (Å²) in [5.74, 6) is -0.0376. The van der Waals surface area contributed by atoms with Crippen molar-refractivity contribution >= 4 is 39.3 Å². The Kier molecular flexibility index (Phi) is 7.48. The molecule has 7 heteroatoms. The molecule has 2 aromatic carbocycles. The van der Waals surface area contributed by atoms with E-state index in [0.717, 1.165) is 4.47 Å². The molecule has 2 amide bonds. The topological polar surface area (TPSA) is 67.4 Å². The number of rotatable bonds is 7. The first-order valence-electron chi connectivity index (χ1n) is 8.15. The molecule has 0 fully saturated rings. The number of nitrogens with one attached hydrogen (secondary N) is 2. The van der Waals surface area contributed by atoms with E-state index in [0.29, 0.717) is 21.9 Å². The Balaban J connectivity index is 1.89. The number of carbonyl (C=O) groups is 2. The number of carbonyl (C=O) groups excluding carboxylic acids is 2. The zero-order chi connectivity index (χ0) is 19.1. The molecule has 0 saturated heterocycles. The smallest absolute Gasteiger partial charge is 0.255 e. The van der Waals surface area contributed by atoms with Gasteiger partial charge in [0.2, 0.25) is 0 Å². The summed E-state index contributed by atoms with van der Waals surface area (Å²) >= 11 is 9.36. The minimum atomic E-state index is -0.280. The van der Waals surface area contributed by atoms with Gasteiger partial charge < -0.3 is 15.4 Å². The Bertz CT molecular complexity index is 796. The normalized spacial score (nSPS) is 10.5. The predicted octanol–water partition coefficient (Wildman–Crippen LogP) is 4.05. The number of amides is 2. The number of halogens is 2. The van der Waals surface area contributed by atoms with Gasteiger partial charge in [0, 0.05) is 17.6 Å². The molecule has 0 heterocycles. The van der Waals surface area contributed by atoms with E-state index < -0.39 is 0 Å². The molecule has 0 atom stereocenters. The van der Waals surface area contributed by atoms with Crippen LogP contribution in [0.5, 0.6) is 5.75 Å². The van der Waals surface area contributed by atoms with E-state index in [1.54, 1.807) is 42.5 Å². The molecule has 0 radical (unpaired) electrons. The monoisotopic (exact) mass is 438 g/mol. The molecule has 0 spiro atoms. The minimum absolute atomic E-state index is 0.0502. The summed E-state index contributed by atoms with van der Waals surface area (Å²) in [6, 6.07) is 12.0. The van der Waals surface area contributed by atoms with Crippen LogP contribution in [0.1, 0.15) is 34.6 Å².